The molecule has 5 heterocycles. The fraction of sp³-hybridized carbons (Fsp3) is 0.167. The standard InChI is InChI=1S/C30H26FN7O/c1-30(2,3)14-26(39)34-20-12-18(15-32-16-20)22-7-8-24-28(36-22)29(38-37-24)25-13-21-23(35-25)9-10-33-27(21)17-5-4-6-19(31)11-17/h4-13,15-16,35H,14H2,1-3H3,(H,34,39)(H,37,38). The van der Waals surface area contributed by atoms with Gasteiger partial charge in [0.25, 0.3) is 0 Å². The molecule has 194 valence electrons. The second-order valence-corrected chi connectivity index (χ2v) is 10.7. The highest BCUT2D eigenvalue weighted by molar-refractivity contribution is 5.99. The summed E-state index contributed by atoms with van der Waals surface area (Å²) in [6, 6.07) is 15.9. The van der Waals surface area contributed by atoms with Crippen LogP contribution in [0.25, 0.3) is 55.8 Å². The van der Waals surface area contributed by atoms with Crippen LogP contribution in [0, 0.1) is 11.2 Å². The molecule has 0 aliphatic rings. The number of aromatic nitrogens is 6. The van der Waals surface area contributed by atoms with Crippen molar-refractivity contribution in [2.45, 2.75) is 27.2 Å². The summed E-state index contributed by atoms with van der Waals surface area (Å²) in [5.74, 6) is -0.377. The molecule has 0 saturated carbocycles. The van der Waals surface area contributed by atoms with Gasteiger partial charge in [-0.2, -0.15) is 5.10 Å². The van der Waals surface area contributed by atoms with Gasteiger partial charge in [-0.1, -0.05) is 32.9 Å². The van der Waals surface area contributed by atoms with Crippen molar-refractivity contribution in [1.29, 1.82) is 0 Å². The number of anilines is 1. The minimum absolute atomic E-state index is 0.0621. The lowest BCUT2D eigenvalue weighted by molar-refractivity contribution is -0.117. The van der Waals surface area contributed by atoms with Crippen LogP contribution in [0.15, 0.2) is 73.2 Å². The van der Waals surface area contributed by atoms with Crippen LogP contribution in [0.4, 0.5) is 10.1 Å². The van der Waals surface area contributed by atoms with E-state index in [0.717, 1.165) is 27.7 Å². The first kappa shape index (κ1) is 24.4. The van der Waals surface area contributed by atoms with E-state index in [9.17, 15) is 9.18 Å². The van der Waals surface area contributed by atoms with E-state index in [0.29, 0.717) is 40.3 Å². The molecule has 0 radical (unpaired) electrons. The fourth-order valence-corrected chi connectivity index (χ4v) is 4.63. The molecule has 39 heavy (non-hydrogen) atoms. The maximum absolute atomic E-state index is 13.9. The molecule has 0 unspecified atom stereocenters. The summed E-state index contributed by atoms with van der Waals surface area (Å²) in [5, 5.41) is 11.4. The minimum atomic E-state index is -0.315. The molecule has 3 N–H and O–H groups in total. The summed E-state index contributed by atoms with van der Waals surface area (Å²) in [7, 11) is 0. The number of aromatic amines is 2. The Bertz CT molecular complexity index is 1850. The van der Waals surface area contributed by atoms with Gasteiger partial charge in [-0.05, 0) is 47.9 Å². The van der Waals surface area contributed by atoms with Crippen LogP contribution in [-0.4, -0.2) is 36.0 Å². The number of rotatable bonds is 5. The number of halogens is 1. The lowest BCUT2D eigenvalue weighted by Crippen LogP contribution is -2.19. The van der Waals surface area contributed by atoms with Crippen molar-refractivity contribution in [3.05, 3.63) is 79.0 Å². The number of nitrogens with zero attached hydrogens (tertiary/aromatic N) is 4. The van der Waals surface area contributed by atoms with Crippen molar-refractivity contribution in [3.63, 3.8) is 0 Å². The van der Waals surface area contributed by atoms with Crippen LogP contribution in [0.2, 0.25) is 0 Å². The number of benzene rings is 1. The molecule has 6 aromatic rings. The number of carbonyl (C=O) groups excluding carboxylic acids is 1. The Morgan fingerprint density at radius 1 is 0.974 bits per heavy atom. The van der Waals surface area contributed by atoms with E-state index in [1.807, 2.05) is 57.2 Å². The van der Waals surface area contributed by atoms with Gasteiger partial charge in [-0.15, -0.1) is 0 Å². The number of H-pyrrole nitrogens is 2. The predicted molar refractivity (Wildman–Crippen MR) is 150 cm³/mol. The number of hydrogen-bond donors (Lipinski definition) is 3. The zero-order valence-corrected chi connectivity index (χ0v) is 21.7. The number of fused-ring (bicyclic) bond motifs is 2. The van der Waals surface area contributed by atoms with Crippen LogP contribution < -0.4 is 5.32 Å². The summed E-state index contributed by atoms with van der Waals surface area (Å²) >= 11 is 0. The molecule has 6 rings (SSSR count). The number of carbonyl (C=O) groups is 1. The Hall–Kier alpha value is -4.92. The third-order valence-electron chi connectivity index (χ3n) is 6.32. The first-order chi connectivity index (χ1) is 18.7. The zero-order valence-electron chi connectivity index (χ0n) is 21.7. The molecule has 1 amide bonds. The van der Waals surface area contributed by atoms with Crippen LogP contribution in [0.1, 0.15) is 27.2 Å². The van der Waals surface area contributed by atoms with Crippen molar-refractivity contribution < 1.29 is 9.18 Å². The molecule has 0 bridgehead atoms. The maximum atomic E-state index is 13.9. The Kier molecular flexibility index (Phi) is 5.91. The summed E-state index contributed by atoms with van der Waals surface area (Å²) in [5.41, 5.74) is 7.06. The van der Waals surface area contributed by atoms with Crippen molar-refractivity contribution in [2.24, 2.45) is 5.41 Å². The quantitative estimate of drug-likeness (QED) is 0.233. The highest BCUT2D eigenvalue weighted by Crippen LogP contribution is 2.33. The molecular weight excluding hydrogens is 493 g/mol. The molecule has 5 aromatic heterocycles. The number of amides is 1. The predicted octanol–water partition coefficient (Wildman–Crippen LogP) is 6.74. The number of hydrogen-bond acceptors (Lipinski definition) is 5. The van der Waals surface area contributed by atoms with E-state index in [1.54, 1.807) is 24.7 Å². The number of nitrogens with one attached hydrogen (secondary N) is 3. The van der Waals surface area contributed by atoms with Gasteiger partial charge in [0.05, 0.1) is 34.5 Å². The highest BCUT2D eigenvalue weighted by atomic mass is 19.1. The Balaban J connectivity index is 1.37. The van der Waals surface area contributed by atoms with Gasteiger partial charge in [-0.25, -0.2) is 9.37 Å². The normalized spacial score (nSPS) is 11.8. The van der Waals surface area contributed by atoms with E-state index < -0.39 is 0 Å². The minimum Gasteiger partial charge on any atom is -0.353 e. The van der Waals surface area contributed by atoms with Gasteiger partial charge in [0.2, 0.25) is 5.91 Å². The van der Waals surface area contributed by atoms with Gasteiger partial charge in [-0.3, -0.25) is 19.9 Å². The molecule has 0 atom stereocenters. The Morgan fingerprint density at radius 3 is 2.67 bits per heavy atom. The first-order valence-corrected chi connectivity index (χ1v) is 12.6. The topological polar surface area (TPSA) is 112 Å². The molecule has 1 aromatic carbocycles. The zero-order chi connectivity index (χ0) is 27.1. The summed E-state index contributed by atoms with van der Waals surface area (Å²) in [6.07, 6.45) is 5.44. The molecule has 0 aliphatic heterocycles. The molecular formula is C30H26FN7O. The van der Waals surface area contributed by atoms with Crippen LogP contribution in [-0.2, 0) is 4.79 Å². The third-order valence-corrected chi connectivity index (χ3v) is 6.32. The SMILES string of the molecule is CC(C)(C)CC(=O)Nc1cncc(-c2ccc3[nH]nc(-c4cc5c(-c6cccc(F)c6)nccc5[nH]4)c3n2)c1. The molecule has 8 nitrogen and oxygen atoms in total. The largest absolute Gasteiger partial charge is 0.353 e. The molecule has 9 heteroatoms. The maximum Gasteiger partial charge on any atom is 0.224 e. The van der Waals surface area contributed by atoms with E-state index in [4.69, 9.17) is 4.98 Å². The smallest absolute Gasteiger partial charge is 0.224 e. The Labute approximate surface area is 223 Å². The second-order valence-electron chi connectivity index (χ2n) is 10.7. The average Bonchev–Trinajstić information content (AvgIpc) is 3.51. The highest BCUT2D eigenvalue weighted by Gasteiger charge is 2.18. The van der Waals surface area contributed by atoms with E-state index in [2.05, 4.69) is 30.5 Å². The fourth-order valence-electron chi connectivity index (χ4n) is 4.63. The van der Waals surface area contributed by atoms with Crippen molar-refractivity contribution in [3.8, 4) is 33.9 Å². The summed E-state index contributed by atoms with van der Waals surface area (Å²) in [4.78, 5) is 29.6. The van der Waals surface area contributed by atoms with Crippen molar-refractivity contribution in [1.82, 2.24) is 30.1 Å². The first-order valence-electron chi connectivity index (χ1n) is 12.6. The molecule has 0 fully saturated rings. The summed E-state index contributed by atoms with van der Waals surface area (Å²) < 4.78 is 13.9. The van der Waals surface area contributed by atoms with Gasteiger partial charge >= 0.3 is 0 Å². The van der Waals surface area contributed by atoms with Gasteiger partial charge < -0.3 is 10.3 Å². The van der Waals surface area contributed by atoms with E-state index >= 15 is 0 Å². The third kappa shape index (κ3) is 4.98. The average molecular weight is 520 g/mol. The lowest BCUT2D eigenvalue weighted by Gasteiger charge is -2.17. The van der Waals surface area contributed by atoms with Gasteiger partial charge in [0.1, 0.15) is 17.0 Å². The molecule has 0 aliphatic carbocycles. The van der Waals surface area contributed by atoms with Crippen LogP contribution in [0.3, 0.4) is 0 Å². The van der Waals surface area contributed by atoms with Crippen LogP contribution >= 0.6 is 0 Å². The lowest BCUT2D eigenvalue weighted by atomic mass is 9.92. The number of pyridine rings is 3. The Morgan fingerprint density at radius 2 is 1.85 bits per heavy atom. The van der Waals surface area contributed by atoms with E-state index in [-0.39, 0.29) is 17.1 Å². The second kappa shape index (κ2) is 9.43. The van der Waals surface area contributed by atoms with Crippen LogP contribution in [0.5, 0.6) is 0 Å². The van der Waals surface area contributed by atoms with Gasteiger partial charge in [0.15, 0.2) is 0 Å². The molecule has 0 saturated heterocycles. The van der Waals surface area contributed by atoms with E-state index in [1.165, 1.54) is 12.1 Å². The van der Waals surface area contributed by atoms with Crippen molar-refractivity contribution in [2.75, 3.05) is 5.32 Å². The summed E-state index contributed by atoms with van der Waals surface area (Å²) in [6.45, 7) is 6.07. The van der Waals surface area contributed by atoms with Crippen molar-refractivity contribution >= 4 is 33.5 Å². The monoisotopic (exact) mass is 519 g/mol. The van der Waals surface area contributed by atoms with Gasteiger partial charge in [0, 0.05) is 40.8 Å². The molecule has 0 spiro atoms.